The molecule has 0 amide bonds. The lowest BCUT2D eigenvalue weighted by atomic mass is 10.1. The van der Waals surface area contributed by atoms with Gasteiger partial charge in [-0.15, -0.1) is 11.3 Å². The highest BCUT2D eigenvalue weighted by Crippen LogP contribution is 2.22. The second-order valence-corrected chi connectivity index (χ2v) is 5.88. The van der Waals surface area contributed by atoms with Crippen LogP contribution in [0.25, 0.3) is 11.3 Å². The summed E-state index contributed by atoms with van der Waals surface area (Å²) in [7, 11) is 0. The maximum Gasteiger partial charge on any atom is 0.0948 e. The minimum absolute atomic E-state index is 0.441. The molecule has 0 aliphatic rings. The monoisotopic (exact) mass is 304 g/mol. The van der Waals surface area contributed by atoms with Gasteiger partial charge >= 0.3 is 0 Å². The fourth-order valence-electron chi connectivity index (χ4n) is 2.29. The number of rotatable bonds is 9. The van der Waals surface area contributed by atoms with E-state index in [4.69, 9.17) is 9.72 Å². The normalized spacial score (nSPS) is 12.5. The summed E-state index contributed by atoms with van der Waals surface area (Å²) in [6, 6.07) is 10.8. The van der Waals surface area contributed by atoms with Crippen molar-refractivity contribution >= 4 is 11.3 Å². The van der Waals surface area contributed by atoms with Crippen molar-refractivity contribution in [3.63, 3.8) is 0 Å². The molecule has 0 bridgehead atoms. The van der Waals surface area contributed by atoms with Crippen LogP contribution in [0.3, 0.4) is 0 Å². The summed E-state index contributed by atoms with van der Waals surface area (Å²) >= 11 is 1.75. The molecule has 21 heavy (non-hydrogen) atoms. The highest BCUT2D eigenvalue weighted by molar-refractivity contribution is 7.09. The zero-order chi connectivity index (χ0) is 14.9. The molecule has 1 heterocycles. The van der Waals surface area contributed by atoms with Crippen molar-refractivity contribution in [1.29, 1.82) is 0 Å². The standard InChI is InChI=1S/C17H24N2OS/c1-3-18-15(10-11-20-4-2)12-17-19-16(13-21-17)14-8-6-5-7-9-14/h5-9,13,15,18H,3-4,10-12H2,1-2H3. The smallest absolute Gasteiger partial charge is 0.0948 e. The number of nitrogens with one attached hydrogen (secondary N) is 1. The van der Waals surface area contributed by atoms with Crippen LogP contribution in [0.5, 0.6) is 0 Å². The molecular weight excluding hydrogens is 280 g/mol. The van der Waals surface area contributed by atoms with E-state index in [0.29, 0.717) is 6.04 Å². The molecule has 0 aliphatic carbocycles. The third kappa shape index (κ3) is 5.23. The Morgan fingerprint density at radius 1 is 1.24 bits per heavy atom. The Bertz CT molecular complexity index is 513. The van der Waals surface area contributed by atoms with Gasteiger partial charge in [-0.1, -0.05) is 37.3 Å². The van der Waals surface area contributed by atoms with Crippen LogP contribution in [0.15, 0.2) is 35.7 Å². The number of likely N-dealkylation sites (N-methyl/N-ethyl adjacent to an activating group) is 1. The Labute approximate surface area is 131 Å². The van der Waals surface area contributed by atoms with E-state index in [1.54, 1.807) is 11.3 Å². The minimum atomic E-state index is 0.441. The van der Waals surface area contributed by atoms with Crippen molar-refractivity contribution in [3.05, 3.63) is 40.7 Å². The Balaban J connectivity index is 1.96. The van der Waals surface area contributed by atoms with E-state index >= 15 is 0 Å². The number of nitrogens with zero attached hydrogens (tertiary/aromatic N) is 1. The van der Waals surface area contributed by atoms with Gasteiger partial charge in [0.15, 0.2) is 0 Å². The van der Waals surface area contributed by atoms with Crippen molar-refractivity contribution < 1.29 is 4.74 Å². The van der Waals surface area contributed by atoms with Crippen LogP contribution in [-0.4, -0.2) is 30.8 Å². The molecule has 4 heteroatoms. The van der Waals surface area contributed by atoms with Crippen molar-refractivity contribution in [2.45, 2.75) is 32.7 Å². The maximum atomic E-state index is 5.47. The summed E-state index contributed by atoms with van der Waals surface area (Å²) in [5.74, 6) is 0. The minimum Gasteiger partial charge on any atom is -0.382 e. The van der Waals surface area contributed by atoms with E-state index in [1.807, 2.05) is 13.0 Å². The van der Waals surface area contributed by atoms with Gasteiger partial charge in [0.2, 0.25) is 0 Å². The summed E-state index contributed by atoms with van der Waals surface area (Å²) in [5.41, 5.74) is 2.27. The number of ether oxygens (including phenoxy) is 1. The second kappa shape index (κ2) is 8.93. The molecule has 0 radical (unpaired) electrons. The zero-order valence-corrected chi connectivity index (χ0v) is 13.7. The molecule has 114 valence electrons. The van der Waals surface area contributed by atoms with Crippen molar-refractivity contribution in [1.82, 2.24) is 10.3 Å². The van der Waals surface area contributed by atoms with E-state index in [-0.39, 0.29) is 0 Å². The quantitative estimate of drug-likeness (QED) is 0.716. The van der Waals surface area contributed by atoms with Gasteiger partial charge in [-0.05, 0) is 19.9 Å². The topological polar surface area (TPSA) is 34.1 Å². The molecule has 2 aromatic rings. The average molecular weight is 304 g/mol. The number of thiazole rings is 1. The lowest BCUT2D eigenvalue weighted by molar-refractivity contribution is 0.136. The van der Waals surface area contributed by atoms with Crippen molar-refractivity contribution in [3.8, 4) is 11.3 Å². The summed E-state index contributed by atoms with van der Waals surface area (Å²) in [6.45, 7) is 6.76. The summed E-state index contributed by atoms with van der Waals surface area (Å²) in [6.07, 6.45) is 2.00. The molecule has 0 saturated carbocycles. The number of hydrogen-bond donors (Lipinski definition) is 1. The van der Waals surface area contributed by atoms with Crippen LogP contribution < -0.4 is 5.32 Å². The average Bonchev–Trinajstić information content (AvgIpc) is 2.97. The van der Waals surface area contributed by atoms with Crippen LogP contribution in [0.4, 0.5) is 0 Å². The number of aromatic nitrogens is 1. The molecule has 1 aromatic carbocycles. The van der Waals surface area contributed by atoms with Crippen molar-refractivity contribution in [2.24, 2.45) is 0 Å². The fourth-order valence-corrected chi connectivity index (χ4v) is 3.18. The summed E-state index contributed by atoms with van der Waals surface area (Å²) in [5, 5.41) is 6.87. The molecule has 0 fully saturated rings. The molecule has 1 unspecified atom stereocenters. The van der Waals surface area contributed by atoms with E-state index in [1.165, 1.54) is 10.6 Å². The molecule has 3 nitrogen and oxygen atoms in total. The van der Waals surface area contributed by atoms with Crippen molar-refractivity contribution in [2.75, 3.05) is 19.8 Å². The SMILES string of the molecule is CCNC(CCOCC)Cc1nc(-c2ccccc2)cs1. The second-order valence-electron chi connectivity index (χ2n) is 4.94. The first-order chi connectivity index (χ1) is 10.3. The van der Waals surface area contributed by atoms with Gasteiger partial charge < -0.3 is 10.1 Å². The van der Waals surface area contributed by atoms with Gasteiger partial charge in [-0.2, -0.15) is 0 Å². The Morgan fingerprint density at radius 2 is 2.05 bits per heavy atom. The molecule has 0 aliphatic heterocycles. The zero-order valence-electron chi connectivity index (χ0n) is 12.8. The predicted molar refractivity (Wildman–Crippen MR) is 89.8 cm³/mol. The molecule has 0 spiro atoms. The van der Waals surface area contributed by atoms with Gasteiger partial charge in [0, 0.05) is 36.6 Å². The maximum absolute atomic E-state index is 5.47. The molecule has 1 atom stereocenters. The molecular formula is C17H24N2OS. The third-order valence-corrected chi connectivity index (χ3v) is 4.22. The Kier molecular flexibility index (Phi) is 6.86. The Morgan fingerprint density at radius 3 is 2.76 bits per heavy atom. The predicted octanol–water partition coefficient (Wildman–Crippen LogP) is 3.76. The van der Waals surface area contributed by atoms with E-state index in [2.05, 4.69) is 41.9 Å². The highest BCUT2D eigenvalue weighted by atomic mass is 32.1. The first-order valence-electron chi connectivity index (χ1n) is 7.64. The lowest BCUT2D eigenvalue weighted by Gasteiger charge is -2.16. The third-order valence-electron chi connectivity index (χ3n) is 3.35. The molecule has 2 rings (SSSR count). The first-order valence-corrected chi connectivity index (χ1v) is 8.52. The lowest BCUT2D eigenvalue weighted by Crippen LogP contribution is -2.32. The molecule has 1 N–H and O–H groups in total. The van der Waals surface area contributed by atoms with Gasteiger partial charge in [-0.3, -0.25) is 0 Å². The van der Waals surface area contributed by atoms with Crippen LogP contribution in [0, 0.1) is 0 Å². The van der Waals surface area contributed by atoms with Gasteiger partial charge in [0.25, 0.3) is 0 Å². The summed E-state index contributed by atoms with van der Waals surface area (Å²) < 4.78 is 5.47. The van der Waals surface area contributed by atoms with Crippen LogP contribution in [-0.2, 0) is 11.2 Å². The largest absolute Gasteiger partial charge is 0.382 e. The first kappa shape index (κ1) is 16.1. The number of hydrogen-bond acceptors (Lipinski definition) is 4. The van der Waals surface area contributed by atoms with Gasteiger partial charge in [0.05, 0.1) is 10.7 Å². The molecule has 0 saturated heterocycles. The van der Waals surface area contributed by atoms with Crippen LogP contribution in [0.1, 0.15) is 25.3 Å². The van der Waals surface area contributed by atoms with Gasteiger partial charge in [-0.25, -0.2) is 4.98 Å². The van der Waals surface area contributed by atoms with E-state index in [0.717, 1.165) is 38.3 Å². The summed E-state index contributed by atoms with van der Waals surface area (Å²) in [4.78, 5) is 4.77. The van der Waals surface area contributed by atoms with Crippen LogP contribution >= 0.6 is 11.3 Å². The van der Waals surface area contributed by atoms with E-state index < -0.39 is 0 Å². The molecule has 1 aromatic heterocycles. The van der Waals surface area contributed by atoms with E-state index in [9.17, 15) is 0 Å². The number of benzene rings is 1. The Hall–Kier alpha value is -1.23. The fraction of sp³-hybridized carbons (Fsp3) is 0.471. The highest BCUT2D eigenvalue weighted by Gasteiger charge is 2.12. The van der Waals surface area contributed by atoms with Gasteiger partial charge in [0.1, 0.15) is 0 Å². The van der Waals surface area contributed by atoms with Crippen LogP contribution in [0.2, 0.25) is 0 Å².